The third kappa shape index (κ3) is 6.63. The number of hydrogen-bond donors (Lipinski definition) is 3. The van der Waals surface area contributed by atoms with Crippen molar-refractivity contribution in [1.29, 1.82) is 0 Å². The Morgan fingerprint density at radius 3 is 2.23 bits per heavy atom. The SMILES string of the molecule is CCNS(=O)(=O)c1cc(-c2ccc(CS(=O)(=O)CC(=O)NCCO)cc2)ccc1C. The number of aryl methyl sites for hydroxylation is 1. The summed E-state index contributed by atoms with van der Waals surface area (Å²) in [5, 5.41) is 11.0. The number of sulfone groups is 1. The van der Waals surface area contributed by atoms with E-state index in [-0.39, 0.29) is 30.3 Å². The van der Waals surface area contributed by atoms with Crippen molar-refractivity contribution in [3.63, 3.8) is 0 Å². The zero-order valence-corrected chi connectivity index (χ0v) is 18.5. The molecule has 10 heteroatoms. The van der Waals surface area contributed by atoms with E-state index >= 15 is 0 Å². The Morgan fingerprint density at radius 2 is 1.63 bits per heavy atom. The highest BCUT2D eigenvalue weighted by atomic mass is 32.2. The molecule has 0 radical (unpaired) electrons. The molecule has 0 saturated heterocycles. The smallest absolute Gasteiger partial charge is 0.240 e. The van der Waals surface area contributed by atoms with Gasteiger partial charge in [0.25, 0.3) is 0 Å². The number of benzene rings is 2. The Balaban J connectivity index is 2.19. The van der Waals surface area contributed by atoms with Gasteiger partial charge in [0.1, 0.15) is 5.75 Å². The predicted octanol–water partition coefficient (Wildman–Crippen LogP) is 0.984. The molecule has 0 spiro atoms. The van der Waals surface area contributed by atoms with Crippen molar-refractivity contribution in [1.82, 2.24) is 10.0 Å². The minimum Gasteiger partial charge on any atom is -0.395 e. The molecule has 0 aliphatic rings. The van der Waals surface area contributed by atoms with Gasteiger partial charge in [-0.3, -0.25) is 4.79 Å². The van der Waals surface area contributed by atoms with Crippen LogP contribution in [0.4, 0.5) is 0 Å². The van der Waals surface area contributed by atoms with Crippen molar-refractivity contribution in [2.24, 2.45) is 0 Å². The van der Waals surface area contributed by atoms with Gasteiger partial charge >= 0.3 is 0 Å². The number of amides is 1. The Bertz CT molecular complexity index is 1090. The molecule has 0 saturated carbocycles. The van der Waals surface area contributed by atoms with Crippen LogP contribution in [-0.2, 0) is 30.4 Å². The van der Waals surface area contributed by atoms with E-state index in [1.165, 1.54) is 0 Å². The summed E-state index contributed by atoms with van der Waals surface area (Å²) in [4.78, 5) is 11.8. The zero-order chi connectivity index (χ0) is 22.4. The summed E-state index contributed by atoms with van der Waals surface area (Å²) in [5.41, 5.74) is 2.57. The predicted molar refractivity (Wildman–Crippen MR) is 115 cm³/mol. The van der Waals surface area contributed by atoms with Gasteiger partial charge in [0.2, 0.25) is 15.9 Å². The van der Waals surface area contributed by atoms with Crippen LogP contribution < -0.4 is 10.0 Å². The van der Waals surface area contributed by atoms with E-state index in [0.717, 1.165) is 5.56 Å². The molecule has 0 aliphatic heterocycles. The lowest BCUT2D eigenvalue weighted by Crippen LogP contribution is -2.32. The Labute approximate surface area is 177 Å². The maximum Gasteiger partial charge on any atom is 0.240 e. The normalized spacial score (nSPS) is 12.0. The Morgan fingerprint density at radius 1 is 1.00 bits per heavy atom. The first-order valence-electron chi connectivity index (χ1n) is 9.35. The molecule has 0 aliphatic carbocycles. The summed E-state index contributed by atoms with van der Waals surface area (Å²) in [7, 11) is -7.27. The monoisotopic (exact) mass is 454 g/mol. The highest BCUT2D eigenvalue weighted by Gasteiger charge is 2.18. The maximum absolute atomic E-state index is 12.4. The molecule has 2 aromatic carbocycles. The number of sulfonamides is 1. The van der Waals surface area contributed by atoms with Gasteiger partial charge in [0.05, 0.1) is 17.3 Å². The van der Waals surface area contributed by atoms with Crippen LogP contribution in [0, 0.1) is 6.92 Å². The first-order chi connectivity index (χ1) is 14.1. The van der Waals surface area contributed by atoms with E-state index in [2.05, 4.69) is 10.0 Å². The summed E-state index contributed by atoms with van der Waals surface area (Å²) in [5.74, 6) is -1.61. The molecule has 3 N–H and O–H groups in total. The van der Waals surface area contributed by atoms with Gasteiger partial charge in [-0.1, -0.05) is 43.3 Å². The topological polar surface area (TPSA) is 130 Å². The van der Waals surface area contributed by atoms with Crippen molar-refractivity contribution in [2.75, 3.05) is 25.4 Å². The van der Waals surface area contributed by atoms with E-state index in [9.17, 15) is 21.6 Å². The van der Waals surface area contributed by atoms with E-state index in [1.807, 2.05) is 0 Å². The van der Waals surface area contributed by atoms with Crippen molar-refractivity contribution >= 4 is 25.8 Å². The number of aliphatic hydroxyl groups excluding tert-OH is 1. The minimum atomic E-state index is -3.66. The van der Waals surface area contributed by atoms with Crippen LogP contribution >= 0.6 is 0 Å². The van der Waals surface area contributed by atoms with Crippen molar-refractivity contribution in [3.05, 3.63) is 53.6 Å². The lowest BCUT2D eigenvalue weighted by atomic mass is 10.0. The summed E-state index contributed by atoms with van der Waals surface area (Å²) < 4.78 is 51.6. The van der Waals surface area contributed by atoms with Crippen molar-refractivity contribution in [3.8, 4) is 11.1 Å². The van der Waals surface area contributed by atoms with Crippen LogP contribution in [0.3, 0.4) is 0 Å². The Hall–Kier alpha value is -2.27. The highest BCUT2D eigenvalue weighted by molar-refractivity contribution is 7.91. The Kier molecular flexibility index (Phi) is 8.13. The molecule has 0 heterocycles. The van der Waals surface area contributed by atoms with Gasteiger partial charge in [0, 0.05) is 13.1 Å². The molecule has 164 valence electrons. The zero-order valence-electron chi connectivity index (χ0n) is 16.9. The second-order valence-electron chi connectivity index (χ2n) is 6.78. The second kappa shape index (κ2) is 10.2. The molecular weight excluding hydrogens is 428 g/mol. The third-order valence-electron chi connectivity index (χ3n) is 4.27. The molecule has 0 aromatic heterocycles. The largest absolute Gasteiger partial charge is 0.395 e. The number of rotatable bonds is 10. The fraction of sp³-hybridized carbons (Fsp3) is 0.350. The lowest BCUT2D eigenvalue weighted by molar-refractivity contribution is -0.118. The summed E-state index contributed by atoms with van der Waals surface area (Å²) in [6.45, 7) is 3.46. The second-order valence-corrected chi connectivity index (χ2v) is 10.6. The van der Waals surface area contributed by atoms with Crippen LogP contribution in [0.25, 0.3) is 11.1 Å². The van der Waals surface area contributed by atoms with Crippen LogP contribution in [0.2, 0.25) is 0 Å². The van der Waals surface area contributed by atoms with Gasteiger partial charge in [-0.2, -0.15) is 0 Å². The van der Waals surface area contributed by atoms with Crippen molar-refractivity contribution in [2.45, 2.75) is 24.5 Å². The van der Waals surface area contributed by atoms with E-state index in [0.29, 0.717) is 16.7 Å². The quantitative estimate of drug-likeness (QED) is 0.491. The highest BCUT2D eigenvalue weighted by Crippen LogP contribution is 2.26. The van der Waals surface area contributed by atoms with E-state index < -0.39 is 31.5 Å². The fourth-order valence-electron chi connectivity index (χ4n) is 2.88. The van der Waals surface area contributed by atoms with Gasteiger partial charge in [0.15, 0.2) is 9.84 Å². The van der Waals surface area contributed by atoms with E-state index in [1.54, 1.807) is 56.3 Å². The van der Waals surface area contributed by atoms with Crippen LogP contribution in [0.15, 0.2) is 47.4 Å². The van der Waals surface area contributed by atoms with Gasteiger partial charge in [-0.15, -0.1) is 0 Å². The standard InChI is InChI=1S/C20H26N2O6S2/c1-3-22-30(27,28)19-12-18(7-4-15(19)2)17-8-5-16(6-9-17)13-29(25,26)14-20(24)21-10-11-23/h4-9,12,22-23H,3,10-11,13-14H2,1-2H3,(H,21,24). The third-order valence-corrected chi connectivity index (χ3v) is 7.43. The first-order valence-corrected chi connectivity index (χ1v) is 12.7. The molecule has 0 atom stereocenters. The number of aliphatic hydroxyl groups is 1. The molecule has 0 bridgehead atoms. The van der Waals surface area contributed by atoms with Gasteiger partial charge < -0.3 is 10.4 Å². The van der Waals surface area contributed by atoms with Crippen LogP contribution in [0.5, 0.6) is 0 Å². The molecule has 0 fully saturated rings. The number of carbonyl (C=O) groups excluding carboxylic acids is 1. The summed E-state index contributed by atoms with van der Waals surface area (Å²) in [6.07, 6.45) is 0. The molecule has 30 heavy (non-hydrogen) atoms. The average Bonchev–Trinajstić information content (AvgIpc) is 2.66. The molecule has 8 nitrogen and oxygen atoms in total. The number of nitrogens with one attached hydrogen (secondary N) is 2. The number of hydrogen-bond acceptors (Lipinski definition) is 6. The first kappa shape index (κ1) is 24.0. The maximum atomic E-state index is 12.4. The van der Waals surface area contributed by atoms with Gasteiger partial charge in [-0.25, -0.2) is 21.6 Å². The van der Waals surface area contributed by atoms with Gasteiger partial charge in [-0.05, 0) is 35.2 Å². The summed E-state index contributed by atoms with van der Waals surface area (Å²) in [6, 6.07) is 11.8. The van der Waals surface area contributed by atoms with Crippen LogP contribution in [0.1, 0.15) is 18.1 Å². The molecule has 2 aromatic rings. The molecular formula is C20H26N2O6S2. The minimum absolute atomic E-state index is 0.00504. The molecule has 0 unspecified atom stereocenters. The molecule has 1 amide bonds. The van der Waals surface area contributed by atoms with E-state index in [4.69, 9.17) is 5.11 Å². The molecule has 2 rings (SSSR count). The average molecular weight is 455 g/mol. The number of carbonyl (C=O) groups is 1. The van der Waals surface area contributed by atoms with Crippen molar-refractivity contribution < 1.29 is 26.7 Å². The fourth-order valence-corrected chi connectivity index (χ4v) is 5.49. The summed E-state index contributed by atoms with van der Waals surface area (Å²) >= 11 is 0. The van der Waals surface area contributed by atoms with Crippen LogP contribution in [-0.4, -0.2) is 53.3 Å². The lowest BCUT2D eigenvalue weighted by Gasteiger charge is -2.11.